The van der Waals surface area contributed by atoms with E-state index in [9.17, 15) is 4.79 Å². The minimum absolute atomic E-state index is 0.0557. The summed E-state index contributed by atoms with van der Waals surface area (Å²) in [5.74, 6) is 1.53. The number of hydrogen-bond acceptors (Lipinski definition) is 5. The molecule has 0 aromatic carbocycles. The van der Waals surface area contributed by atoms with Crippen molar-refractivity contribution in [3.8, 4) is 0 Å². The summed E-state index contributed by atoms with van der Waals surface area (Å²) in [5, 5.41) is 6.82. The predicted molar refractivity (Wildman–Crippen MR) is 82.1 cm³/mol. The summed E-state index contributed by atoms with van der Waals surface area (Å²) in [5.41, 5.74) is -0.0748. The highest BCUT2D eigenvalue weighted by molar-refractivity contribution is 7.09. The minimum Gasteiger partial charge on any atom is -0.317 e. The topological polar surface area (TPSA) is 66.9 Å². The van der Waals surface area contributed by atoms with E-state index in [2.05, 4.69) is 40.8 Å². The normalized spacial score (nSPS) is 17.1. The molecule has 1 aliphatic heterocycles. The molecule has 112 valence electrons. The Bertz CT molecular complexity index is 446. The van der Waals surface area contributed by atoms with Gasteiger partial charge in [0.2, 0.25) is 11.0 Å². The lowest BCUT2D eigenvalue weighted by Crippen LogP contribution is -2.28. The van der Waals surface area contributed by atoms with Crippen molar-refractivity contribution < 1.29 is 4.79 Å². The molecule has 1 saturated heterocycles. The number of anilines is 1. The summed E-state index contributed by atoms with van der Waals surface area (Å²) in [6.07, 6.45) is 3.91. The zero-order chi connectivity index (χ0) is 14.6. The van der Waals surface area contributed by atoms with Crippen LogP contribution < -0.4 is 10.6 Å². The first-order chi connectivity index (χ1) is 9.45. The molecule has 5 nitrogen and oxygen atoms in total. The zero-order valence-electron chi connectivity index (χ0n) is 12.5. The zero-order valence-corrected chi connectivity index (χ0v) is 13.3. The second-order valence-corrected chi connectivity index (χ2v) is 7.21. The van der Waals surface area contributed by atoms with E-state index in [4.69, 9.17) is 0 Å². The van der Waals surface area contributed by atoms with Crippen LogP contribution >= 0.6 is 11.5 Å². The predicted octanol–water partition coefficient (Wildman–Crippen LogP) is 2.55. The SMILES string of the molecule is CC(C)(C)c1nsc(NC(=O)CCC2CCNCC2)n1. The van der Waals surface area contributed by atoms with Crippen molar-refractivity contribution in [2.45, 2.75) is 51.9 Å². The lowest BCUT2D eigenvalue weighted by molar-refractivity contribution is -0.116. The molecule has 2 N–H and O–H groups in total. The molecule has 0 atom stereocenters. The Balaban J connectivity index is 1.77. The van der Waals surface area contributed by atoms with Crippen LogP contribution in [0.25, 0.3) is 0 Å². The smallest absolute Gasteiger partial charge is 0.226 e. The van der Waals surface area contributed by atoms with Gasteiger partial charge in [0.1, 0.15) is 5.82 Å². The largest absolute Gasteiger partial charge is 0.317 e. The summed E-state index contributed by atoms with van der Waals surface area (Å²) in [6, 6.07) is 0. The molecule has 20 heavy (non-hydrogen) atoms. The third-order valence-corrected chi connectivity index (χ3v) is 4.21. The van der Waals surface area contributed by atoms with E-state index in [1.807, 2.05) is 0 Å². The van der Waals surface area contributed by atoms with Crippen molar-refractivity contribution in [3.05, 3.63) is 5.82 Å². The first kappa shape index (κ1) is 15.4. The van der Waals surface area contributed by atoms with Gasteiger partial charge in [-0.2, -0.15) is 4.37 Å². The number of nitrogens with one attached hydrogen (secondary N) is 2. The Morgan fingerprint density at radius 1 is 1.40 bits per heavy atom. The summed E-state index contributed by atoms with van der Waals surface area (Å²) in [6.45, 7) is 8.36. The van der Waals surface area contributed by atoms with Gasteiger partial charge in [0.25, 0.3) is 0 Å². The first-order valence-corrected chi connectivity index (χ1v) is 8.07. The number of rotatable bonds is 4. The van der Waals surface area contributed by atoms with Crippen molar-refractivity contribution in [2.75, 3.05) is 18.4 Å². The summed E-state index contributed by atoms with van der Waals surface area (Å²) in [7, 11) is 0. The molecule has 1 aliphatic rings. The number of carbonyl (C=O) groups excluding carboxylic acids is 1. The van der Waals surface area contributed by atoms with Crippen molar-refractivity contribution in [1.82, 2.24) is 14.7 Å². The fourth-order valence-electron chi connectivity index (χ4n) is 2.27. The van der Waals surface area contributed by atoms with Gasteiger partial charge in [-0.25, -0.2) is 4.98 Å². The fraction of sp³-hybridized carbons (Fsp3) is 0.786. The van der Waals surface area contributed by atoms with Gasteiger partial charge in [-0.05, 0) is 38.3 Å². The Morgan fingerprint density at radius 2 is 2.10 bits per heavy atom. The van der Waals surface area contributed by atoms with Crippen molar-refractivity contribution in [1.29, 1.82) is 0 Å². The lowest BCUT2D eigenvalue weighted by atomic mass is 9.93. The summed E-state index contributed by atoms with van der Waals surface area (Å²) in [4.78, 5) is 16.3. The molecule has 0 aliphatic carbocycles. The summed E-state index contributed by atoms with van der Waals surface area (Å²) >= 11 is 1.26. The molecule has 1 amide bonds. The third kappa shape index (κ3) is 4.52. The van der Waals surface area contributed by atoms with E-state index in [0.717, 1.165) is 25.3 Å². The number of piperidine rings is 1. The quantitative estimate of drug-likeness (QED) is 0.896. The summed E-state index contributed by atoms with van der Waals surface area (Å²) < 4.78 is 4.30. The van der Waals surface area contributed by atoms with Crippen molar-refractivity contribution in [3.63, 3.8) is 0 Å². The van der Waals surface area contributed by atoms with E-state index >= 15 is 0 Å². The maximum Gasteiger partial charge on any atom is 0.226 e. The second kappa shape index (κ2) is 6.63. The van der Waals surface area contributed by atoms with Crippen molar-refractivity contribution in [2.24, 2.45) is 5.92 Å². The Hall–Kier alpha value is -1.01. The highest BCUT2D eigenvalue weighted by atomic mass is 32.1. The molecule has 0 unspecified atom stereocenters. The Kier molecular flexibility index (Phi) is 5.10. The van der Waals surface area contributed by atoms with E-state index in [1.54, 1.807) is 0 Å². The van der Waals surface area contributed by atoms with Crippen LogP contribution in [0.4, 0.5) is 5.13 Å². The molecule has 2 rings (SSSR count). The highest BCUT2D eigenvalue weighted by Gasteiger charge is 2.20. The van der Waals surface area contributed by atoms with Gasteiger partial charge in [0.15, 0.2) is 0 Å². The number of hydrogen-bond donors (Lipinski definition) is 2. The molecule has 1 fully saturated rings. The van der Waals surface area contributed by atoms with Crippen molar-refractivity contribution >= 4 is 22.6 Å². The van der Waals surface area contributed by atoms with Gasteiger partial charge in [-0.3, -0.25) is 4.79 Å². The maximum absolute atomic E-state index is 11.9. The highest BCUT2D eigenvalue weighted by Crippen LogP contribution is 2.23. The lowest BCUT2D eigenvalue weighted by Gasteiger charge is -2.21. The second-order valence-electron chi connectivity index (χ2n) is 6.45. The van der Waals surface area contributed by atoms with Gasteiger partial charge in [0, 0.05) is 23.4 Å². The van der Waals surface area contributed by atoms with Crippen LogP contribution in [0, 0.1) is 5.92 Å². The van der Waals surface area contributed by atoms with E-state index in [0.29, 0.717) is 17.5 Å². The number of nitrogens with zero attached hydrogens (tertiary/aromatic N) is 2. The van der Waals surface area contributed by atoms with Gasteiger partial charge in [0.05, 0.1) is 0 Å². The molecule has 2 heterocycles. The number of carbonyl (C=O) groups is 1. The van der Waals surface area contributed by atoms with Gasteiger partial charge in [-0.1, -0.05) is 20.8 Å². The average molecular weight is 296 g/mol. The van der Waals surface area contributed by atoms with Gasteiger partial charge < -0.3 is 10.6 Å². The monoisotopic (exact) mass is 296 g/mol. The van der Waals surface area contributed by atoms with Crippen LogP contribution in [-0.2, 0) is 10.2 Å². The standard InChI is InChI=1S/C14H24N4OS/c1-14(2,3)12-17-13(20-18-12)16-11(19)5-4-10-6-8-15-9-7-10/h10,15H,4-9H2,1-3H3,(H,16,17,18,19). The van der Waals surface area contributed by atoms with Crippen LogP contribution in [0.1, 0.15) is 52.3 Å². The van der Waals surface area contributed by atoms with Crippen LogP contribution in [0.5, 0.6) is 0 Å². The van der Waals surface area contributed by atoms with E-state index < -0.39 is 0 Å². The van der Waals surface area contributed by atoms with Crippen LogP contribution in [0.2, 0.25) is 0 Å². The van der Waals surface area contributed by atoms with Gasteiger partial charge in [-0.15, -0.1) is 0 Å². The molecule has 0 bridgehead atoms. The van der Waals surface area contributed by atoms with Gasteiger partial charge >= 0.3 is 0 Å². The number of aromatic nitrogens is 2. The Morgan fingerprint density at radius 3 is 2.70 bits per heavy atom. The molecule has 0 saturated carbocycles. The average Bonchev–Trinajstić information content (AvgIpc) is 2.86. The molecular formula is C14H24N4OS. The molecule has 1 aromatic heterocycles. The Labute approximate surface area is 124 Å². The molecule has 0 spiro atoms. The number of amides is 1. The van der Waals surface area contributed by atoms with Crippen LogP contribution in [0.3, 0.4) is 0 Å². The van der Waals surface area contributed by atoms with E-state index in [1.165, 1.54) is 24.4 Å². The molecule has 6 heteroatoms. The maximum atomic E-state index is 11.9. The minimum atomic E-state index is -0.0748. The molecule has 1 aromatic rings. The van der Waals surface area contributed by atoms with E-state index in [-0.39, 0.29) is 11.3 Å². The first-order valence-electron chi connectivity index (χ1n) is 7.30. The third-order valence-electron chi connectivity index (χ3n) is 3.58. The molecule has 0 radical (unpaired) electrons. The fourth-order valence-corrected chi connectivity index (χ4v) is 3.04. The molecular weight excluding hydrogens is 272 g/mol. The van der Waals surface area contributed by atoms with Crippen LogP contribution in [-0.4, -0.2) is 28.4 Å². The van der Waals surface area contributed by atoms with Crippen LogP contribution in [0.15, 0.2) is 0 Å².